The number of nitrogens with one attached hydrogen (secondary N) is 1. The van der Waals surface area contributed by atoms with Crippen LogP contribution in [0.5, 0.6) is 0 Å². The Morgan fingerprint density at radius 2 is 2.25 bits per heavy atom. The molecule has 110 valence electrons. The summed E-state index contributed by atoms with van der Waals surface area (Å²) in [5.41, 5.74) is 1.86. The molecule has 4 heteroatoms. The molecule has 1 amide bonds. The van der Waals surface area contributed by atoms with Crippen molar-refractivity contribution in [1.29, 1.82) is 0 Å². The molecule has 1 heterocycles. The number of benzene rings is 1. The van der Waals surface area contributed by atoms with Gasteiger partial charge in [0.25, 0.3) is 5.91 Å². The maximum Gasteiger partial charge on any atom is 0.253 e. The fourth-order valence-electron chi connectivity index (χ4n) is 2.80. The van der Waals surface area contributed by atoms with Crippen LogP contribution in [0.1, 0.15) is 23.2 Å². The van der Waals surface area contributed by atoms with Gasteiger partial charge in [0, 0.05) is 38.4 Å². The molecule has 0 bridgehead atoms. The second kappa shape index (κ2) is 6.75. The highest BCUT2D eigenvalue weighted by Gasteiger charge is 2.24. The Hall–Kier alpha value is -1.55. The topological polar surface area (TPSA) is 35.6 Å². The number of rotatable bonds is 4. The maximum absolute atomic E-state index is 12.6. The fourth-order valence-corrected chi connectivity index (χ4v) is 2.80. The van der Waals surface area contributed by atoms with Gasteiger partial charge in [-0.15, -0.1) is 0 Å². The average molecular weight is 275 g/mol. The molecule has 1 aromatic rings. The predicted molar refractivity (Wildman–Crippen MR) is 83.3 cm³/mol. The summed E-state index contributed by atoms with van der Waals surface area (Å²) < 4.78 is 0. The molecule has 1 aliphatic rings. The second-order valence-corrected chi connectivity index (χ2v) is 5.76. The Kier molecular flexibility index (Phi) is 5.01. The van der Waals surface area contributed by atoms with Gasteiger partial charge in [-0.2, -0.15) is 0 Å². The predicted octanol–water partition coefficient (Wildman–Crippen LogP) is 1.82. The molecule has 0 radical (unpaired) electrons. The SMILES string of the molecule is CNCC1CCCN(C(=O)c2cccc(N(C)C)c2)C1. The number of piperidine rings is 1. The fraction of sp³-hybridized carbons (Fsp3) is 0.562. The maximum atomic E-state index is 12.6. The molecule has 1 fully saturated rings. The van der Waals surface area contributed by atoms with Crippen molar-refractivity contribution in [3.05, 3.63) is 29.8 Å². The number of carbonyl (C=O) groups is 1. The van der Waals surface area contributed by atoms with Gasteiger partial charge < -0.3 is 15.1 Å². The molecule has 1 unspecified atom stereocenters. The summed E-state index contributed by atoms with van der Waals surface area (Å²) in [6, 6.07) is 7.87. The molecule has 1 aromatic carbocycles. The van der Waals surface area contributed by atoms with E-state index in [0.29, 0.717) is 5.92 Å². The minimum absolute atomic E-state index is 0.162. The van der Waals surface area contributed by atoms with Crippen LogP contribution >= 0.6 is 0 Å². The zero-order valence-corrected chi connectivity index (χ0v) is 12.7. The summed E-state index contributed by atoms with van der Waals surface area (Å²) in [4.78, 5) is 16.6. The highest BCUT2D eigenvalue weighted by atomic mass is 16.2. The van der Waals surface area contributed by atoms with E-state index in [0.717, 1.165) is 37.3 Å². The molecular weight excluding hydrogens is 250 g/mol. The van der Waals surface area contributed by atoms with Crippen molar-refractivity contribution in [2.45, 2.75) is 12.8 Å². The molecule has 1 atom stereocenters. The summed E-state index contributed by atoms with van der Waals surface area (Å²) in [7, 11) is 5.96. The van der Waals surface area contributed by atoms with Crippen molar-refractivity contribution in [2.24, 2.45) is 5.92 Å². The zero-order valence-electron chi connectivity index (χ0n) is 12.7. The number of likely N-dealkylation sites (tertiary alicyclic amines) is 1. The van der Waals surface area contributed by atoms with E-state index in [2.05, 4.69) is 5.32 Å². The van der Waals surface area contributed by atoms with Gasteiger partial charge >= 0.3 is 0 Å². The van der Waals surface area contributed by atoms with E-state index in [4.69, 9.17) is 0 Å². The van der Waals surface area contributed by atoms with Crippen molar-refractivity contribution in [2.75, 3.05) is 45.7 Å². The number of hydrogen-bond donors (Lipinski definition) is 1. The van der Waals surface area contributed by atoms with Gasteiger partial charge in [0.05, 0.1) is 0 Å². The normalized spacial score (nSPS) is 18.9. The molecule has 1 saturated heterocycles. The second-order valence-electron chi connectivity index (χ2n) is 5.76. The van der Waals surface area contributed by atoms with E-state index in [1.807, 2.05) is 55.2 Å². The van der Waals surface area contributed by atoms with Gasteiger partial charge in [0.15, 0.2) is 0 Å². The summed E-state index contributed by atoms with van der Waals surface area (Å²) in [6.07, 6.45) is 2.31. The first-order valence-electron chi connectivity index (χ1n) is 7.33. The average Bonchev–Trinajstić information content (AvgIpc) is 2.47. The van der Waals surface area contributed by atoms with Crippen LogP contribution in [0, 0.1) is 5.92 Å². The van der Waals surface area contributed by atoms with Crippen LogP contribution in [0.15, 0.2) is 24.3 Å². The molecular formula is C16H25N3O. The first kappa shape index (κ1) is 14.9. The Morgan fingerprint density at radius 3 is 2.95 bits per heavy atom. The third kappa shape index (κ3) is 3.51. The highest BCUT2D eigenvalue weighted by molar-refractivity contribution is 5.95. The lowest BCUT2D eigenvalue weighted by Gasteiger charge is -2.33. The summed E-state index contributed by atoms with van der Waals surface area (Å²) in [6.45, 7) is 2.73. The van der Waals surface area contributed by atoms with Gasteiger partial charge in [-0.05, 0) is 50.6 Å². The number of hydrogen-bond acceptors (Lipinski definition) is 3. The lowest BCUT2D eigenvalue weighted by molar-refractivity contribution is 0.0674. The van der Waals surface area contributed by atoms with Crippen molar-refractivity contribution < 1.29 is 4.79 Å². The van der Waals surface area contributed by atoms with Gasteiger partial charge in [-0.25, -0.2) is 0 Å². The standard InChI is InChI=1S/C16H25N3O/c1-17-11-13-6-5-9-19(12-13)16(20)14-7-4-8-15(10-14)18(2)3/h4,7-8,10,13,17H,5-6,9,11-12H2,1-3H3. The van der Waals surface area contributed by atoms with Crippen LogP contribution in [0.2, 0.25) is 0 Å². The molecule has 0 aromatic heterocycles. The molecule has 4 nitrogen and oxygen atoms in total. The van der Waals surface area contributed by atoms with Crippen molar-refractivity contribution in [3.63, 3.8) is 0 Å². The van der Waals surface area contributed by atoms with E-state index in [9.17, 15) is 4.79 Å². The highest BCUT2D eigenvalue weighted by Crippen LogP contribution is 2.20. The third-order valence-corrected chi connectivity index (χ3v) is 3.91. The van der Waals surface area contributed by atoms with E-state index in [1.165, 1.54) is 6.42 Å². The quantitative estimate of drug-likeness (QED) is 0.910. The first-order chi connectivity index (χ1) is 9.61. The van der Waals surface area contributed by atoms with Crippen molar-refractivity contribution in [3.8, 4) is 0 Å². The minimum Gasteiger partial charge on any atom is -0.378 e. The van der Waals surface area contributed by atoms with Crippen LogP contribution < -0.4 is 10.2 Å². The summed E-state index contributed by atoms with van der Waals surface area (Å²) >= 11 is 0. The molecule has 0 saturated carbocycles. The van der Waals surface area contributed by atoms with Crippen LogP contribution in [0.3, 0.4) is 0 Å². The zero-order chi connectivity index (χ0) is 14.5. The third-order valence-electron chi connectivity index (χ3n) is 3.91. The van der Waals surface area contributed by atoms with Gasteiger partial charge in [-0.3, -0.25) is 4.79 Å². The summed E-state index contributed by atoms with van der Waals surface area (Å²) in [5, 5.41) is 3.22. The van der Waals surface area contributed by atoms with Crippen LogP contribution in [0.25, 0.3) is 0 Å². The molecule has 0 spiro atoms. The van der Waals surface area contributed by atoms with Crippen LogP contribution in [-0.2, 0) is 0 Å². The van der Waals surface area contributed by atoms with Gasteiger partial charge in [-0.1, -0.05) is 6.07 Å². The molecule has 20 heavy (non-hydrogen) atoms. The van der Waals surface area contributed by atoms with Crippen LogP contribution in [-0.4, -0.2) is 51.6 Å². The molecule has 2 rings (SSSR count). The van der Waals surface area contributed by atoms with E-state index in [-0.39, 0.29) is 5.91 Å². The number of amides is 1. The lowest BCUT2D eigenvalue weighted by Crippen LogP contribution is -2.42. The largest absolute Gasteiger partial charge is 0.378 e. The molecule has 1 aliphatic heterocycles. The van der Waals surface area contributed by atoms with E-state index in [1.54, 1.807) is 0 Å². The Bertz CT molecular complexity index is 457. The molecule has 0 aliphatic carbocycles. The van der Waals surface area contributed by atoms with Crippen molar-refractivity contribution >= 4 is 11.6 Å². The Balaban J connectivity index is 2.08. The lowest BCUT2D eigenvalue weighted by atomic mass is 9.97. The summed E-state index contributed by atoms with van der Waals surface area (Å²) in [5.74, 6) is 0.740. The van der Waals surface area contributed by atoms with E-state index < -0.39 is 0 Å². The monoisotopic (exact) mass is 275 g/mol. The number of carbonyl (C=O) groups excluding carboxylic acids is 1. The Labute approximate surface area is 121 Å². The first-order valence-corrected chi connectivity index (χ1v) is 7.33. The van der Waals surface area contributed by atoms with Crippen LogP contribution in [0.4, 0.5) is 5.69 Å². The number of nitrogens with zero attached hydrogens (tertiary/aromatic N) is 2. The smallest absolute Gasteiger partial charge is 0.253 e. The van der Waals surface area contributed by atoms with Gasteiger partial charge in [0.1, 0.15) is 0 Å². The Morgan fingerprint density at radius 1 is 1.45 bits per heavy atom. The number of anilines is 1. The van der Waals surface area contributed by atoms with E-state index >= 15 is 0 Å². The molecule has 1 N–H and O–H groups in total. The minimum atomic E-state index is 0.162. The van der Waals surface area contributed by atoms with Gasteiger partial charge in [0.2, 0.25) is 0 Å². The van der Waals surface area contributed by atoms with Crippen molar-refractivity contribution in [1.82, 2.24) is 10.2 Å².